The van der Waals surface area contributed by atoms with Crippen LogP contribution in [0.4, 0.5) is 9.52 Å². The third-order valence-corrected chi connectivity index (χ3v) is 6.80. The van der Waals surface area contributed by atoms with E-state index in [1.165, 1.54) is 35.6 Å². The lowest BCUT2D eigenvalue weighted by atomic mass is 9.95. The van der Waals surface area contributed by atoms with Gasteiger partial charge in [-0.25, -0.2) is 4.39 Å². The van der Waals surface area contributed by atoms with Gasteiger partial charge in [0, 0.05) is 43.1 Å². The van der Waals surface area contributed by atoms with Crippen molar-refractivity contribution in [1.82, 2.24) is 20.4 Å². The summed E-state index contributed by atoms with van der Waals surface area (Å²) in [7, 11) is 1.54. The Labute approximate surface area is 211 Å². The molecule has 11 heteroatoms. The molecule has 9 nitrogen and oxygen atoms in total. The van der Waals surface area contributed by atoms with Crippen molar-refractivity contribution in [3.63, 3.8) is 0 Å². The van der Waals surface area contributed by atoms with Crippen LogP contribution in [-0.2, 0) is 11.2 Å². The standard InChI is InChI=1S/C25H26FN5O4S/c1-35-20-4-2-3-18(15-20)22(32)27-12-9-21-29-30-25(36-21)28-23(33)16-10-13-31(14-11-16)24(34)17-5-7-19(26)8-6-17/h2-8,15-16H,9-14H2,1H3,(H,27,32)(H,28,30,33). The van der Waals surface area contributed by atoms with E-state index in [0.29, 0.717) is 65.9 Å². The molecule has 0 aliphatic carbocycles. The summed E-state index contributed by atoms with van der Waals surface area (Å²) < 4.78 is 18.2. The average Bonchev–Trinajstić information content (AvgIpc) is 3.35. The van der Waals surface area contributed by atoms with Crippen molar-refractivity contribution >= 4 is 34.2 Å². The summed E-state index contributed by atoms with van der Waals surface area (Å²) in [5.74, 6) is -0.552. The van der Waals surface area contributed by atoms with Crippen molar-refractivity contribution < 1.29 is 23.5 Å². The molecule has 1 aromatic heterocycles. The highest BCUT2D eigenvalue weighted by Gasteiger charge is 2.28. The van der Waals surface area contributed by atoms with Crippen LogP contribution in [0.1, 0.15) is 38.6 Å². The van der Waals surface area contributed by atoms with Crippen molar-refractivity contribution in [2.24, 2.45) is 5.92 Å². The van der Waals surface area contributed by atoms with Crippen LogP contribution in [0, 0.1) is 11.7 Å². The average molecular weight is 512 g/mol. The van der Waals surface area contributed by atoms with Crippen LogP contribution in [0.2, 0.25) is 0 Å². The molecular weight excluding hydrogens is 485 g/mol. The molecule has 188 valence electrons. The second kappa shape index (κ2) is 11.7. The molecule has 0 saturated carbocycles. The molecule has 1 saturated heterocycles. The van der Waals surface area contributed by atoms with Gasteiger partial charge in [0.25, 0.3) is 11.8 Å². The molecular formula is C25H26FN5O4S. The van der Waals surface area contributed by atoms with Crippen LogP contribution in [-0.4, -0.2) is 59.6 Å². The fraction of sp³-hybridized carbons (Fsp3) is 0.320. The highest BCUT2D eigenvalue weighted by atomic mass is 32.1. The second-order valence-electron chi connectivity index (χ2n) is 8.30. The van der Waals surface area contributed by atoms with Gasteiger partial charge >= 0.3 is 0 Å². The number of nitrogens with one attached hydrogen (secondary N) is 2. The predicted octanol–water partition coefficient (Wildman–Crippen LogP) is 3.15. The molecule has 1 aliphatic rings. The van der Waals surface area contributed by atoms with Gasteiger partial charge in [-0.05, 0) is 55.3 Å². The Hall–Kier alpha value is -3.86. The normalized spacial score (nSPS) is 13.8. The van der Waals surface area contributed by atoms with Gasteiger partial charge in [0.15, 0.2) is 0 Å². The number of halogens is 1. The molecule has 0 atom stereocenters. The maximum Gasteiger partial charge on any atom is 0.253 e. The summed E-state index contributed by atoms with van der Waals surface area (Å²) in [6.45, 7) is 1.27. The number of nitrogens with zero attached hydrogens (tertiary/aromatic N) is 3. The first-order valence-electron chi connectivity index (χ1n) is 11.5. The summed E-state index contributed by atoms with van der Waals surface area (Å²) in [6.07, 6.45) is 1.54. The van der Waals surface area contributed by atoms with E-state index in [1.54, 1.807) is 36.3 Å². The van der Waals surface area contributed by atoms with E-state index < -0.39 is 0 Å². The van der Waals surface area contributed by atoms with Gasteiger partial charge in [-0.1, -0.05) is 17.4 Å². The number of anilines is 1. The number of carbonyl (C=O) groups excluding carboxylic acids is 3. The summed E-state index contributed by atoms with van der Waals surface area (Å²) in [6, 6.07) is 12.3. The molecule has 36 heavy (non-hydrogen) atoms. The molecule has 2 aromatic carbocycles. The van der Waals surface area contributed by atoms with E-state index in [9.17, 15) is 18.8 Å². The van der Waals surface area contributed by atoms with Crippen LogP contribution in [0.5, 0.6) is 5.75 Å². The van der Waals surface area contributed by atoms with Crippen molar-refractivity contribution in [2.75, 3.05) is 32.1 Å². The monoisotopic (exact) mass is 511 g/mol. The summed E-state index contributed by atoms with van der Waals surface area (Å²) in [4.78, 5) is 39.2. The molecule has 0 spiro atoms. The van der Waals surface area contributed by atoms with Crippen LogP contribution in [0.3, 0.4) is 0 Å². The fourth-order valence-electron chi connectivity index (χ4n) is 3.88. The number of carbonyl (C=O) groups is 3. The Morgan fingerprint density at radius 1 is 1.08 bits per heavy atom. The van der Waals surface area contributed by atoms with Crippen molar-refractivity contribution in [1.29, 1.82) is 0 Å². The first-order chi connectivity index (χ1) is 17.4. The van der Waals surface area contributed by atoms with Gasteiger partial charge in [0.2, 0.25) is 11.0 Å². The molecule has 2 heterocycles. The maximum absolute atomic E-state index is 13.1. The molecule has 2 N–H and O–H groups in total. The summed E-state index contributed by atoms with van der Waals surface area (Å²) in [5, 5.41) is 14.9. The minimum atomic E-state index is -0.389. The number of rotatable bonds is 8. The number of piperidine rings is 1. The molecule has 0 unspecified atom stereocenters. The molecule has 1 aliphatic heterocycles. The molecule has 4 rings (SSSR count). The van der Waals surface area contributed by atoms with E-state index in [2.05, 4.69) is 20.8 Å². The second-order valence-corrected chi connectivity index (χ2v) is 9.36. The minimum absolute atomic E-state index is 0.155. The van der Waals surface area contributed by atoms with E-state index in [0.717, 1.165) is 0 Å². The Bertz CT molecular complexity index is 1230. The van der Waals surface area contributed by atoms with Gasteiger partial charge in [-0.15, -0.1) is 10.2 Å². The van der Waals surface area contributed by atoms with E-state index in [1.807, 2.05) is 0 Å². The summed E-state index contributed by atoms with van der Waals surface area (Å²) >= 11 is 1.26. The highest BCUT2D eigenvalue weighted by Crippen LogP contribution is 2.23. The van der Waals surface area contributed by atoms with Gasteiger partial charge < -0.3 is 20.3 Å². The van der Waals surface area contributed by atoms with Crippen LogP contribution in [0.25, 0.3) is 0 Å². The number of benzene rings is 2. The highest BCUT2D eigenvalue weighted by molar-refractivity contribution is 7.15. The smallest absolute Gasteiger partial charge is 0.253 e. The number of likely N-dealkylation sites (tertiary alicyclic amines) is 1. The maximum atomic E-state index is 13.1. The number of amides is 3. The van der Waals surface area contributed by atoms with Gasteiger partial charge in [-0.3, -0.25) is 14.4 Å². The lowest BCUT2D eigenvalue weighted by molar-refractivity contribution is -0.121. The van der Waals surface area contributed by atoms with Crippen LogP contribution < -0.4 is 15.4 Å². The van der Waals surface area contributed by atoms with E-state index in [-0.39, 0.29) is 29.5 Å². The van der Waals surface area contributed by atoms with Crippen molar-refractivity contribution in [3.05, 3.63) is 70.5 Å². The Morgan fingerprint density at radius 2 is 1.83 bits per heavy atom. The Kier molecular flexibility index (Phi) is 8.21. The van der Waals surface area contributed by atoms with E-state index in [4.69, 9.17) is 4.74 Å². The number of hydrogen-bond acceptors (Lipinski definition) is 7. The molecule has 0 bridgehead atoms. The zero-order chi connectivity index (χ0) is 25.5. The third kappa shape index (κ3) is 6.42. The Balaban J connectivity index is 1.20. The van der Waals surface area contributed by atoms with Crippen LogP contribution >= 0.6 is 11.3 Å². The quantitative estimate of drug-likeness (QED) is 0.480. The zero-order valence-corrected chi connectivity index (χ0v) is 20.5. The van der Waals surface area contributed by atoms with E-state index >= 15 is 0 Å². The number of hydrogen-bond donors (Lipinski definition) is 2. The molecule has 1 fully saturated rings. The van der Waals surface area contributed by atoms with Crippen molar-refractivity contribution in [3.8, 4) is 5.75 Å². The molecule has 3 aromatic rings. The summed E-state index contributed by atoms with van der Waals surface area (Å²) in [5.41, 5.74) is 0.936. The molecule has 3 amide bonds. The first kappa shape index (κ1) is 25.2. The third-order valence-electron chi connectivity index (χ3n) is 5.90. The topological polar surface area (TPSA) is 114 Å². The Morgan fingerprint density at radius 3 is 2.56 bits per heavy atom. The largest absolute Gasteiger partial charge is 0.497 e. The minimum Gasteiger partial charge on any atom is -0.497 e. The number of methoxy groups -OCH3 is 1. The SMILES string of the molecule is COc1cccc(C(=O)NCCc2nnc(NC(=O)C3CCN(C(=O)c4ccc(F)cc4)CC3)s2)c1. The van der Waals surface area contributed by atoms with Gasteiger partial charge in [0.1, 0.15) is 16.6 Å². The lowest BCUT2D eigenvalue weighted by Crippen LogP contribution is -2.41. The van der Waals surface area contributed by atoms with Gasteiger partial charge in [0.05, 0.1) is 7.11 Å². The molecule has 0 radical (unpaired) electrons. The first-order valence-corrected chi connectivity index (χ1v) is 12.3. The number of aromatic nitrogens is 2. The fourth-order valence-corrected chi connectivity index (χ4v) is 4.62. The van der Waals surface area contributed by atoms with Crippen LogP contribution in [0.15, 0.2) is 48.5 Å². The van der Waals surface area contributed by atoms with Crippen molar-refractivity contribution in [2.45, 2.75) is 19.3 Å². The predicted molar refractivity (Wildman–Crippen MR) is 133 cm³/mol. The number of ether oxygens (including phenoxy) is 1. The lowest BCUT2D eigenvalue weighted by Gasteiger charge is -2.31. The van der Waals surface area contributed by atoms with Gasteiger partial charge in [-0.2, -0.15) is 0 Å². The zero-order valence-electron chi connectivity index (χ0n) is 19.7.